The standard InChI is InChI=1S/C15H18N4O2S/c1-21-13-7-3-2-5-11(13)12-6-4-8-19(12)9-14(20)17-15-18-16-10-22-15/h2-3,5,7,10,12H,4,6,8-9H2,1H3,(H,17,18,20)/t12-/m0/s1. The van der Waals surface area contributed by atoms with Crippen molar-refractivity contribution in [3.63, 3.8) is 0 Å². The lowest BCUT2D eigenvalue weighted by atomic mass is 10.0. The first-order valence-electron chi connectivity index (χ1n) is 7.21. The molecule has 1 atom stereocenters. The molecule has 116 valence electrons. The Kier molecular flexibility index (Phi) is 4.65. The van der Waals surface area contributed by atoms with Crippen LogP contribution in [0.15, 0.2) is 29.8 Å². The number of anilines is 1. The van der Waals surface area contributed by atoms with Crippen molar-refractivity contribution in [2.75, 3.05) is 25.5 Å². The Labute approximate surface area is 133 Å². The summed E-state index contributed by atoms with van der Waals surface area (Å²) in [5, 5.41) is 10.9. The normalized spacial score (nSPS) is 18.3. The van der Waals surface area contributed by atoms with E-state index in [0.29, 0.717) is 11.7 Å². The van der Waals surface area contributed by atoms with E-state index in [0.717, 1.165) is 30.7 Å². The predicted octanol–water partition coefficient (Wildman–Crippen LogP) is 2.32. The number of carbonyl (C=O) groups is 1. The Balaban J connectivity index is 1.69. The summed E-state index contributed by atoms with van der Waals surface area (Å²) in [4.78, 5) is 14.3. The maximum atomic E-state index is 12.2. The van der Waals surface area contributed by atoms with Gasteiger partial charge in [0.2, 0.25) is 11.0 Å². The number of benzene rings is 1. The lowest BCUT2D eigenvalue weighted by molar-refractivity contribution is -0.117. The van der Waals surface area contributed by atoms with E-state index in [2.05, 4.69) is 26.5 Å². The average Bonchev–Trinajstić information content (AvgIpc) is 3.19. The third kappa shape index (κ3) is 3.26. The molecule has 1 aromatic heterocycles. The number of nitrogens with one attached hydrogen (secondary N) is 1. The topological polar surface area (TPSA) is 67.3 Å². The molecule has 1 fully saturated rings. The van der Waals surface area contributed by atoms with Gasteiger partial charge in [-0.05, 0) is 25.5 Å². The Hall–Kier alpha value is -1.99. The summed E-state index contributed by atoms with van der Waals surface area (Å²) >= 11 is 1.32. The molecule has 22 heavy (non-hydrogen) atoms. The van der Waals surface area contributed by atoms with Crippen LogP contribution in [0.2, 0.25) is 0 Å². The van der Waals surface area contributed by atoms with Gasteiger partial charge in [-0.25, -0.2) is 0 Å². The largest absolute Gasteiger partial charge is 0.496 e. The van der Waals surface area contributed by atoms with Crippen molar-refractivity contribution < 1.29 is 9.53 Å². The Morgan fingerprint density at radius 1 is 1.50 bits per heavy atom. The van der Waals surface area contributed by atoms with Crippen LogP contribution in [0.5, 0.6) is 5.75 Å². The molecule has 2 heterocycles. The molecule has 1 aliphatic rings. The minimum Gasteiger partial charge on any atom is -0.496 e. The number of hydrogen-bond donors (Lipinski definition) is 1. The van der Waals surface area contributed by atoms with Crippen molar-refractivity contribution in [2.45, 2.75) is 18.9 Å². The zero-order chi connectivity index (χ0) is 15.4. The van der Waals surface area contributed by atoms with Gasteiger partial charge in [0.05, 0.1) is 13.7 Å². The van der Waals surface area contributed by atoms with Crippen LogP contribution in [0.3, 0.4) is 0 Å². The fourth-order valence-electron chi connectivity index (χ4n) is 2.88. The molecule has 1 aromatic carbocycles. The fourth-order valence-corrected chi connectivity index (χ4v) is 3.34. The van der Waals surface area contributed by atoms with Crippen LogP contribution in [0.4, 0.5) is 5.13 Å². The van der Waals surface area contributed by atoms with Gasteiger partial charge in [0.1, 0.15) is 11.3 Å². The van der Waals surface area contributed by atoms with Crippen LogP contribution in [0.1, 0.15) is 24.4 Å². The molecule has 0 aliphatic carbocycles. The maximum Gasteiger partial charge on any atom is 0.240 e. The van der Waals surface area contributed by atoms with E-state index in [4.69, 9.17) is 4.74 Å². The molecule has 0 unspecified atom stereocenters. The van der Waals surface area contributed by atoms with Crippen LogP contribution in [0.25, 0.3) is 0 Å². The number of rotatable bonds is 5. The van der Waals surface area contributed by atoms with E-state index < -0.39 is 0 Å². The van der Waals surface area contributed by atoms with E-state index in [1.54, 1.807) is 12.6 Å². The number of amides is 1. The molecule has 1 N–H and O–H groups in total. The van der Waals surface area contributed by atoms with Gasteiger partial charge < -0.3 is 4.74 Å². The number of ether oxygens (including phenoxy) is 1. The quantitative estimate of drug-likeness (QED) is 0.916. The van der Waals surface area contributed by atoms with E-state index in [-0.39, 0.29) is 11.9 Å². The zero-order valence-electron chi connectivity index (χ0n) is 12.4. The number of aromatic nitrogens is 2. The number of nitrogens with zero attached hydrogens (tertiary/aromatic N) is 3. The zero-order valence-corrected chi connectivity index (χ0v) is 13.2. The third-order valence-electron chi connectivity index (χ3n) is 3.81. The number of hydrogen-bond acceptors (Lipinski definition) is 6. The average molecular weight is 318 g/mol. The van der Waals surface area contributed by atoms with Gasteiger partial charge in [-0.15, -0.1) is 10.2 Å². The Morgan fingerprint density at radius 3 is 3.14 bits per heavy atom. The predicted molar refractivity (Wildman–Crippen MR) is 85.1 cm³/mol. The minimum absolute atomic E-state index is 0.0569. The SMILES string of the molecule is COc1ccccc1[C@@H]1CCCN1CC(=O)Nc1nncs1. The van der Waals surface area contributed by atoms with Gasteiger partial charge in [-0.2, -0.15) is 0 Å². The van der Waals surface area contributed by atoms with Crippen LogP contribution >= 0.6 is 11.3 Å². The molecular weight excluding hydrogens is 300 g/mol. The molecule has 1 saturated heterocycles. The summed E-state index contributed by atoms with van der Waals surface area (Å²) in [5.74, 6) is 0.822. The van der Waals surface area contributed by atoms with Gasteiger partial charge >= 0.3 is 0 Å². The number of likely N-dealkylation sites (tertiary alicyclic amines) is 1. The van der Waals surface area contributed by atoms with Crippen LogP contribution in [-0.2, 0) is 4.79 Å². The molecular formula is C15H18N4O2S. The van der Waals surface area contributed by atoms with E-state index in [9.17, 15) is 4.79 Å². The summed E-state index contributed by atoms with van der Waals surface area (Å²) in [6.45, 7) is 1.26. The lowest BCUT2D eigenvalue weighted by Gasteiger charge is -2.25. The second kappa shape index (κ2) is 6.85. The third-order valence-corrected chi connectivity index (χ3v) is 4.42. The van der Waals surface area contributed by atoms with Crippen molar-refractivity contribution in [3.8, 4) is 5.75 Å². The van der Waals surface area contributed by atoms with Crippen molar-refractivity contribution in [3.05, 3.63) is 35.3 Å². The summed E-state index contributed by atoms with van der Waals surface area (Å²) in [7, 11) is 1.68. The van der Waals surface area contributed by atoms with Gasteiger partial charge in [-0.1, -0.05) is 29.5 Å². The summed E-state index contributed by atoms with van der Waals surface area (Å²) in [6.07, 6.45) is 2.11. The molecule has 0 saturated carbocycles. The highest BCUT2D eigenvalue weighted by molar-refractivity contribution is 7.13. The molecule has 0 bridgehead atoms. The highest BCUT2D eigenvalue weighted by atomic mass is 32.1. The first-order chi connectivity index (χ1) is 10.8. The molecule has 0 spiro atoms. The van der Waals surface area contributed by atoms with Crippen LogP contribution in [-0.4, -0.2) is 41.2 Å². The van der Waals surface area contributed by atoms with Crippen molar-refractivity contribution in [1.82, 2.24) is 15.1 Å². The number of methoxy groups -OCH3 is 1. The van der Waals surface area contributed by atoms with Crippen LogP contribution in [0, 0.1) is 0 Å². The van der Waals surface area contributed by atoms with Crippen molar-refractivity contribution >= 4 is 22.4 Å². The van der Waals surface area contributed by atoms with E-state index in [1.165, 1.54) is 11.3 Å². The first-order valence-corrected chi connectivity index (χ1v) is 8.09. The smallest absolute Gasteiger partial charge is 0.240 e. The van der Waals surface area contributed by atoms with Gasteiger partial charge in [0.25, 0.3) is 0 Å². The summed E-state index contributed by atoms with van der Waals surface area (Å²) in [6, 6.07) is 8.23. The van der Waals surface area contributed by atoms with Crippen molar-refractivity contribution in [1.29, 1.82) is 0 Å². The molecule has 0 radical (unpaired) electrons. The Bertz CT molecular complexity index is 632. The summed E-state index contributed by atoms with van der Waals surface area (Å²) in [5.41, 5.74) is 2.74. The maximum absolute atomic E-state index is 12.2. The molecule has 6 nitrogen and oxygen atoms in total. The molecule has 3 rings (SSSR count). The first kappa shape index (κ1) is 14.9. The molecule has 2 aromatic rings. The van der Waals surface area contributed by atoms with Crippen LogP contribution < -0.4 is 10.1 Å². The van der Waals surface area contributed by atoms with E-state index >= 15 is 0 Å². The van der Waals surface area contributed by atoms with Crippen molar-refractivity contribution in [2.24, 2.45) is 0 Å². The number of para-hydroxylation sites is 1. The Morgan fingerprint density at radius 2 is 2.36 bits per heavy atom. The monoisotopic (exact) mass is 318 g/mol. The van der Waals surface area contributed by atoms with Gasteiger partial charge in [0.15, 0.2) is 0 Å². The highest BCUT2D eigenvalue weighted by Crippen LogP contribution is 2.36. The summed E-state index contributed by atoms with van der Waals surface area (Å²) < 4.78 is 5.45. The lowest BCUT2D eigenvalue weighted by Crippen LogP contribution is -2.33. The molecule has 7 heteroatoms. The van der Waals surface area contributed by atoms with Gasteiger partial charge in [-0.3, -0.25) is 15.0 Å². The second-order valence-corrected chi connectivity index (χ2v) is 6.00. The minimum atomic E-state index is -0.0569. The molecule has 1 aliphatic heterocycles. The van der Waals surface area contributed by atoms with E-state index in [1.807, 2.05) is 18.2 Å². The fraction of sp³-hybridized carbons (Fsp3) is 0.400. The molecule has 1 amide bonds. The van der Waals surface area contributed by atoms with Gasteiger partial charge in [0, 0.05) is 11.6 Å². The number of carbonyl (C=O) groups excluding carboxylic acids is 1. The second-order valence-electron chi connectivity index (χ2n) is 5.16. The highest BCUT2D eigenvalue weighted by Gasteiger charge is 2.29.